The van der Waals surface area contributed by atoms with Crippen LogP contribution in [0, 0.1) is 0 Å². The molecule has 0 saturated carbocycles. The molecule has 0 N–H and O–H groups in total. The maximum Gasteiger partial charge on any atom is 0.248 e. The molecule has 13 aromatic carbocycles. The zero-order chi connectivity index (χ0) is 58.9. The van der Waals surface area contributed by atoms with Gasteiger partial charge in [-0.25, -0.2) is 9.97 Å². The average molecular weight is 1140 g/mol. The van der Waals surface area contributed by atoms with E-state index >= 15 is 0 Å². The molecule has 2 heterocycles. The van der Waals surface area contributed by atoms with Gasteiger partial charge in [0.2, 0.25) is 11.8 Å². The van der Waals surface area contributed by atoms with E-state index in [0.717, 1.165) is 78.1 Å². The molecule has 416 valence electrons. The van der Waals surface area contributed by atoms with Crippen molar-refractivity contribution in [1.82, 2.24) is 20.2 Å². The lowest BCUT2D eigenvalue weighted by Gasteiger charge is -2.34. The summed E-state index contributed by atoms with van der Waals surface area (Å²) in [6.07, 6.45) is 0. The van der Waals surface area contributed by atoms with Crippen molar-refractivity contribution in [3.05, 3.63) is 372 Å². The number of aromatic nitrogens is 4. The highest BCUT2D eigenvalue weighted by Crippen LogP contribution is 2.59. The molecule has 5 nitrogen and oxygen atoms in total. The zero-order valence-electron chi connectivity index (χ0n) is 48.4. The molecular weight excluding hydrogens is 1080 g/mol. The van der Waals surface area contributed by atoms with Gasteiger partial charge in [-0.3, -0.25) is 0 Å². The highest BCUT2D eigenvalue weighted by Gasteiger charge is 2.48. The number of fused-ring (bicyclic) bond motifs is 7. The van der Waals surface area contributed by atoms with Gasteiger partial charge in [-0.1, -0.05) is 279 Å². The Morgan fingerprint density at radius 1 is 0.213 bits per heavy atom. The molecule has 2 aromatic heterocycles. The Morgan fingerprint density at radius 2 is 0.506 bits per heavy atom. The number of hydrogen-bond acceptors (Lipinski definition) is 5. The molecule has 0 saturated heterocycles. The van der Waals surface area contributed by atoms with Crippen LogP contribution in [0.5, 0.6) is 0 Å². The smallest absolute Gasteiger partial charge is 0.248 e. The molecule has 0 amide bonds. The fourth-order valence-electron chi connectivity index (χ4n) is 14.5. The fraction of sp³-hybridized carbons (Fsp3) is 0.0238. The third-order valence-corrected chi connectivity index (χ3v) is 18.5. The van der Waals surface area contributed by atoms with E-state index in [0.29, 0.717) is 11.8 Å². The van der Waals surface area contributed by atoms with Crippen molar-refractivity contribution < 1.29 is 4.42 Å². The van der Waals surface area contributed by atoms with Crippen LogP contribution in [0.15, 0.2) is 332 Å². The predicted octanol–water partition coefficient (Wildman–Crippen LogP) is 20.4. The SMILES string of the molecule is c1ccc(-c2nnc(-c3ccc(-c4ccc(-c5nc6cc(-c7ccc8c(c7)C(c7ccccc7)(c7ccccc7)c7ccccc7-8)c(-c7ccc8c(c7)C(c7ccccc7)(c7ccccc7)c7ccccc7-8)cc6nc5-c5ccccc5)cc4)cc3)o2)cc1. The van der Waals surface area contributed by atoms with E-state index in [9.17, 15) is 0 Å². The number of benzene rings is 13. The van der Waals surface area contributed by atoms with Crippen LogP contribution in [-0.2, 0) is 10.8 Å². The summed E-state index contributed by atoms with van der Waals surface area (Å²) in [5, 5.41) is 8.70. The largest absolute Gasteiger partial charge is 0.416 e. The highest BCUT2D eigenvalue weighted by atomic mass is 16.4. The van der Waals surface area contributed by atoms with Crippen LogP contribution in [0.2, 0.25) is 0 Å². The van der Waals surface area contributed by atoms with E-state index in [1.165, 1.54) is 66.8 Å². The summed E-state index contributed by atoms with van der Waals surface area (Å²) in [4.78, 5) is 11.5. The highest BCUT2D eigenvalue weighted by molar-refractivity contribution is 5.99. The van der Waals surface area contributed by atoms with Gasteiger partial charge in [-0.05, 0) is 149 Å². The van der Waals surface area contributed by atoms with E-state index in [1.807, 2.05) is 42.5 Å². The summed E-state index contributed by atoms with van der Waals surface area (Å²) < 4.78 is 6.11. The minimum atomic E-state index is -0.599. The molecule has 5 heteroatoms. The quantitative estimate of drug-likeness (QED) is 0.129. The normalized spacial score (nSPS) is 13.1. The molecule has 0 radical (unpaired) electrons. The number of rotatable bonds is 11. The van der Waals surface area contributed by atoms with Gasteiger partial charge in [-0.2, -0.15) is 0 Å². The Morgan fingerprint density at radius 3 is 0.910 bits per heavy atom. The Kier molecular flexibility index (Phi) is 12.3. The summed E-state index contributed by atoms with van der Waals surface area (Å²) in [7, 11) is 0. The van der Waals surface area contributed by atoms with E-state index in [1.54, 1.807) is 0 Å². The van der Waals surface area contributed by atoms with Gasteiger partial charge in [0.05, 0.1) is 33.3 Å². The first-order chi connectivity index (χ1) is 44.1. The second-order valence-corrected chi connectivity index (χ2v) is 23.2. The molecule has 0 aliphatic heterocycles. The van der Waals surface area contributed by atoms with Crippen molar-refractivity contribution in [3.8, 4) is 101 Å². The average Bonchev–Trinajstić information content (AvgIpc) is 1.60. The van der Waals surface area contributed by atoms with Gasteiger partial charge < -0.3 is 4.42 Å². The molecule has 89 heavy (non-hydrogen) atoms. The fourth-order valence-corrected chi connectivity index (χ4v) is 14.5. The molecular formula is C84H54N4O. The van der Waals surface area contributed by atoms with Crippen molar-refractivity contribution in [1.29, 1.82) is 0 Å². The summed E-state index contributed by atoms with van der Waals surface area (Å²) in [5.74, 6) is 0.969. The molecule has 15 aromatic rings. The monoisotopic (exact) mass is 1130 g/mol. The molecule has 0 fully saturated rings. The van der Waals surface area contributed by atoms with Crippen LogP contribution in [0.25, 0.3) is 112 Å². The van der Waals surface area contributed by atoms with Gasteiger partial charge >= 0.3 is 0 Å². The minimum Gasteiger partial charge on any atom is -0.416 e. The van der Waals surface area contributed by atoms with Crippen LogP contribution < -0.4 is 0 Å². The molecule has 0 spiro atoms. The number of hydrogen-bond donors (Lipinski definition) is 0. The van der Waals surface area contributed by atoms with Gasteiger partial charge in [0.15, 0.2) is 0 Å². The van der Waals surface area contributed by atoms with Crippen LogP contribution in [-0.4, -0.2) is 20.2 Å². The van der Waals surface area contributed by atoms with Gasteiger partial charge in [0.1, 0.15) is 0 Å². The Bertz CT molecular complexity index is 5070. The van der Waals surface area contributed by atoms with Crippen molar-refractivity contribution >= 4 is 11.0 Å². The lowest BCUT2D eigenvalue weighted by atomic mass is 9.67. The second-order valence-electron chi connectivity index (χ2n) is 23.2. The Hall–Kier alpha value is -11.7. The third kappa shape index (κ3) is 8.31. The van der Waals surface area contributed by atoms with Crippen molar-refractivity contribution in [2.45, 2.75) is 10.8 Å². The maximum atomic E-state index is 6.11. The zero-order valence-corrected chi connectivity index (χ0v) is 48.4. The van der Waals surface area contributed by atoms with E-state index < -0.39 is 10.8 Å². The predicted molar refractivity (Wildman–Crippen MR) is 360 cm³/mol. The molecule has 0 unspecified atom stereocenters. The van der Waals surface area contributed by atoms with Gasteiger partial charge in [-0.15, -0.1) is 10.2 Å². The topological polar surface area (TPSA) is 64.7 Å². The van der Waals surface area contributed by atoms with Crippen molar-refractivity contribution in [2.75, 3.05) is 0 Å². The van der Waals surface area contributed by atoms with Crippen LogP contribution >= 0.6 is 0 Å². The van der Waals surface area contributed by atoms with E-state index in [2.05, 4.69) is 295 Å². The molecule has 17 rings (SSSR count). The lowest BCUT2D eigenvalue weighted by molar-refractivity contribution is 0.584. The first-order valence-electron chi connectivity index (χ1n) is 30.3. The lowest BCUT2D eigenvalue weighted by Crippen LogP contribution is -2.28. The second kappa shape index (κ2) is 21.1. The van der Waals surface area contributed by atoms with Gasteiger partial charge in [0.25, 0.3) is 0 Å². The summed E-state index contributed by atoms with van der Waals surface area (Å²) in [6.45, 7) is 0. The van der Waals surface area contributed by atoms with Crippen molar-refractivity contribution in [2.24, 2.45) is 0 Å². The molecule has 2 aliphatic rings. The van der Waals surface area contributed by atoms with Crippen molar-refractivity contribution in [3.63, 3.8) is 0 Å². The van der Waals surface area contributed by atoms with Gasteiger partial charge in [0, 0.05) is 22.3 Å². The standard InChI is InChI=1S/C84H54N4O/c1-7-23-57(24-8-1)79-80(58-43-39-55(40-44-58)56-41-45-60(46-42-56)82-88-87-81(89-82)59-25-9-2-10-26-59)86-78-54-72(62-48-50-70-68-36-20-22-38-74(68)84(76(70)52-62,65-31-15-5-16-32-65)66-33-17-6-18-34-66)71(53-77(78)85-79)61-47-49-69-67-35-19-21-37-73(67)83(75(69)51-61,63-27-11-3-12-28-63)64-29-13-4-14-30-64/h1-54H. The Labute approximate surface area is 516 Å². The summed E-state index contributed by atoms with van der Waals surface area (Å²) >= 11 is 0. The first kappa shape index (κ1) is 51.7. The van der Waals surface area contributed by atoms with E-state index in [4.69, 9.17) is 14.4 Å². The van der Waals surface area contributed by atoms with E-state index in [-0.39, 0.29) is 0 Å². The number of nitrogens with zero attached hydrogens (tertiary/aromatic N) is 4. The maximum absolute atomic E-state index is 6.11. The summed E-state index contributed by atoms with van der Waals surface area (Å²) in [5.41, 5.74) is 27.0. The van der Waals surface area contributed by atoms with Crippen LogP contribution in [0.3, 0.4) is 0 Å². The third-order valence-electron chi connectivity index (χ3n) is 18.5. The molecule has 0 bridgehead atoms. The Balaban J connectivity index is 0.869. The first-order valence-corrected chi connectivity index (χ1v) is 30.3. The van der Waals surface area contributed by atoms with Crippen LogP contribution in [0.1, 0.15) is 44.5 Å². The van der Waals surface area contributed by atoms with Crippen LogP contribution in [0.4, 0.5) is 0 Å². The minimum absolute atomic E-state index is 0.477. The molecule has 0 atom stereocenters. The summed E-state index contributed by atoms with van der Waals surface area (Å²) in [6, 6.07) is 118. The molecule has 2 aliphatic carbocycles.